The number of anilines is 1. The van der Waals surface area contributed by atoms with Crippen molar-refractivity contribution in [2.24, 2.45) is 0 Å². The molecule has 2 heterocycles. The van der Waals surface area contributed by atoms with Gasteiger partial charge in [-0.25, -0.2) is 15.0 Å². The normalized spacial score (nSPS) is 10.7. The molecule has 0 radical (unpaired) electrons. The number of rotatable bonds is 1. The van der Waals surface area contributed by atoms with E-state index in [1.54, 1.807) is 6.07 Å². The summed E-state index contributed by atoms with van der Waals surface area (Å²) in [6.07, 6.45) is 1.43. The van der Waals surface area contributed by atoms with E-state index in [4.69, 9.17) is 17.3 Å². The van der Waals surface area contributed by atoms with Gasteiger partial charge in [-0.1, -0.05) is 41.9 Å². The largest absolute Gasteiger partial charge is 0.382 e. The highest BCUT2D eigenvalue weighted by atomic mass is 35.5. The number of aromatic nitrogens is 3. The first-order chi connectivity index (χ1) is 8.75. The molecule has 2 N–H and O–H groups in total. The number of halogens is 1. The Balaban J connectivity index is 2.39. The number of nitrogens with two attached hydrogens (primary N) is 1. The van der Waals surface area contributed by atoms with Crippen LogP contribution in [0.2, 0.25) is 5.15 Å². The molecule has 0 bridgehead atoms. The van der Waals surface area contributed by atoms with Crippen LogP contribution in [0.5, 0.6) is 0 Å². The smallest absolute Gasteiger partial charge is 0.153 e. The van der Waals surface area contributed by atoms with E-state index in [0.717, 1.165) is 11.1 Å². The fourth-order valence-corrected chi connectivity index (χ4v) is 2.06. The van der Waals surface area contributed by atoms with Crippen LogP contribution in [0.4, 0.5) is 5.82 Å². The monoisotopic (exact) mass is 256 g/mol. The van der Waals surface area contributed by atoms with Crippen LogP contribution >= 0.6 is 11.6 Å². The molecule has 88 valence electrons. The van der Waals surface area contributed by atoms with Crippen molar-refractivity contribution in [3.8, 4) is 11.1 Å². The Hall–Kier alpha value is -2.20. The molecule has 3 aromatic rings. The Morgan fingerprint density at radius 2 is 1.78 bits per heavy atom. The molecule has 2 aromatic heterocycles. The maximum absolute atomic E-state index is 6.02. The molecule has 0 aliphatic carbocycles. The van der Waals surface area contributed by atoms with Gasteiger partial charge in [-0.15, -0.1) is 0 Å². The van der Waals surface area contributed by atoms with E-state index in [2.05, 4.69) is 15.0 Å². The quantitative estimate of drug-likeness (QED) is 0.680. The zero-order chi connectivity index (χ0) is 12.5. The van der Waals surface area contributed by atoms with Gasteiger partial charge in [0.2, 0.25) is 0 Å². The van der Waals surface area contributed by atoms with Crippen molar-refractivity contribution < 1.29 is 0 Å². The molecule has 0 unspecified atom stereocenters. The van der Waals surface area contributed by atoms with E-state index in [1.807, 2.05) is 30.3 Å². The van der Waals surface area contributed by atoms with Crippen LogP contribution in [-0.2, 0) is 0 Å². The van der Waals surface area contributed by atoms with Crippen LogP contribution in [0.25, 0.3) is 22.2 Å². The minimum atomic E-state index is 0.333. The Morgan fingerprint density at radius 1 is 1.00 bits per heavy atom. The number of pyridine rings is 1. The lowest BCUT2D eigenvalue weighted by molar-refractivity contribution is 1.21. The van der Waals surface area contributed by atoms with Crippen molar-refractivity contribution in [3.05, 3.63) is 47.9 Å². The average molecular weight is 257 g/mol. The number of hydrogen-bond acceptors (Lipinski definition) is 4. The highest BCUT2D eigenvalue weighted by molar-refractivity contribution is 6.30. The fourth-order valence-electron chi connectivity index (χ4n) is 1.86. The first-order valence-electron chi connectivity index (χ1n) is 5.38. The summed E-state index contributed by atoms with van der Waals surface area (Å²) in [6, 6.07) is 11.6. The van der Waals surface area contributed by atoms with E-state index in [0.29, 0.717) is 22.0 Å². The van der Waals surface area contributed by atoms with Gasteiger partial charge in [0.15, 0.2) is 5.82 Å². The Labute approximate surface area is 108 Å². The zero-order valence-electron chi connectivity index (χ0n) is 9.34. The van der Waals surface area contributed by atoms with Gasteiger partial charge < -0.3 is 5.73 Å². The second-order valence-electron chi connectivity index (χ2n) is 3.81. The summed E-state index contributed by atoms with van der Waals surface area (Å²) >= 11 is 6.02. The predicted molar refractivity (Wildman–Crippen MR) is 72.2 cm³/mol. The van der Waals surface area contributed by atoms with E-state index in [1.165, 1.54) is 6.33 Å². The second-order valence-corrected chi connectivity index (χ2v) is 4.20. The number of benzene rings is 1. The molecule has 0 amide bonds. The molecule has 3 rings (SSSR count). The van der Waals surface area contributed by atoms with Crippen molar-refractivity contribution in [2.75, 3.05) is 5.73 Å². The first-order valence-corrected chi connectivity index (χ1v) is 5.75. The lowest BCUT2D eigenvalue weighted by Gasteiger charge is -2.07. The number of nitrogen functional groups attached to an aromatic ring is 1. The summed E-state index contributed by atoms with van der Waals surface area (Å²) < 4.78 is 0. The summed E-state index contributed by atoms with van der Waals surface area (Å²) in [5.41, 5.74) is 8.96. The van der Waals surface area contributed by atoms with E-state index in [9.17, 15) is 0 Å². The van der Waals surface area contributed by atoms with Crippen LogP contribution in [0.3, 0.4) is 0 Å². The van der Waals surface area contributed by atoms with Crippen LogP contribution in [0.1, 0.15) is 0 Å². The van der Waals surface area contributed by atoms with Gasteiger partial charge in [0.1, 0.15) is 22.5 Å². The molecule has 0 saturated carbocycles. The molecule has 0 fully saturated rings. The summed E-state index contributed by atoms with van der Waals surface area (Å²) in [6.45, 7) is 0. The first kappa shape index (κ1) is 10.9. The third kappa shape index (κ3) is 1.76. The topological polar surface area (TPSA) is 64.7 Å². The highest BCUT2D eigenvalue weighted by Gasteiger charge is 2.10. The van der Waals surface area contributed by atoms with Crippen molar-refractivity contribution in [2.45, 2.75) is 0 Å². The van der Waals surface area contributed by atoms with Crippen LogP contribution in [0, 0.1) is 0 Å². The van der Waals surface area contributed by atoms with Gasteiger partial charge in [-0.2, -0.15) is 0 Å². The molecule has 1 aromatic carbocycles. The number of nitrogens with zero attached hydrogens (tertiary/aromatic N) is 3. The summed E-state index contributed by atoms with van der Waals surface area (Å²) in [7, 11) is 0. The van der Waals surface area contributed by atoms with E-state index in [-0.39, 0.29) is 0 Å². The highest BCUT2D eigenvalue weighted by Crippen LogP contribution is 2.29. The molecule has 5 heteroatoms. The number of hydrogen-bond donors (Lipinski definition) is 1. The minimum Gasteiger partial charge on any atom is -0.382 e. The lowest BCUT2D eigenvalue weighted by atomic mass is 10.1. The van der Waals surface area contributed by atoms with Crippen LogP contribution in [-0.4, -0.2) is 15.0 Å². The third-order valence-corrected chi connectivity index (χ3v) is 2.87. The summed E-state index contributed by atoms with van der Waals surface area (Å²) in [5, 5.41) is 0.378. The van der Waals surface area contributed by atoms with Crippen LogP contribution < -0.4 is 5.73 Å². The molecule has 0 atom stereocenters. The van der Waals surface area contributed by atoms with Gasteiger partial charge in [0, 0.05) is 5.56 Å². The molecule has 0 aliphatic heterocycles. The van der Waals surface area contributed by atoms with E-state index < -0.39 is 0 Å². The third-order valence-electron chi connectivity index (χ3n) is 2.67. The number of fused-ring (bicyclic) bond motifs is 1. The van der Waals surface area contributed by atoms with Crippen molar-refractivity contribution in [1.82, 2.24) is 15.0 Å². The maximum Gasteiger partial charge on any atom is 0.153 e. The van der Waals surface area contributed by atoms with Gasteiger partial charge >= 0.3 is 0 Å². The molecule has 0 aliphatic rings. The predicted octanol–water partition coefficient (Wildman–Crippen LogP) is 2.93. The van der Waals surface area contributed by atoms with E-state index >= 15 is 0 Å². The van der Waals surface area contributed by atoms with Crippen LogP contribution in [0.15, 0.2) is 42.7 Å². The maximum atomic E-state index is 6.02. The Bertz CT molecular complexity index is 713. The SMILES string of the molecule is Nc1ncnc2c(-c3ccccc3)cc(Cl)nc12. The lowest BCUT2D eigenvalue weighted by Crippen LogP contribution is -1.97. The Morgan fingerprint density at radius 3 is 2.56 bits per heavy atom. The molecular formula is C13H9ClN4. The second kappa shape index (κ2) is 4.23. The molecule has 4 nitrogen and oxygen atoms in total. The standard InChI is InChI=1S/C13H9ClN4/c14-10-6-9(8-4-2-1-3-5-8)11-12(18-10)13(15)17-7-16-11/h1-7H,(H2,15,16,17). The molecule has 0 saturated heterocycles. The van der Waals surface area contributed by atoms with Gasteiger partial charge in [-0.3, -0.25) is 0 Å². The Kier molecular flexibility index (Phi) is 2.57. The van der Waals surface area contributed by atoms with Gasteiger partial charge in [-0.05, 0) is 11.6 Å². The summed E-state index contributed by atoms with van der Waals surface area (Å²) in [5.74, 6) is 0.333. The average Bonchev–Trinajstić information content (AvgIpc) is 2.40. The van der Waals surface area contributed by atoms with Crippen molar-refractivity contribution >= 4 is 28.5 Å². The summed E-state index contributed by atoms with van der Waals surface area (Å²) in [4.78, 5) is 12.4. The van der Waals surface area contributed by atoms with Gasteiger partial charge in [0.05, 0.1) is 0 Å². The zero-order valence-corrected chi connectivity index (χ0v) is 10.1. The molecule has 0 spiro atoms. The minimum absolute atomic E-state index is 0.333. The fraction of sp³-hybridized carbons (Fsp3) is 0. The molecule has 18 heavy (non-hydrogen) atoms. The van der Waals surface area contributed by atoms with Crippen molar-refractivity contribution in [3.63, 3.8) is 0 Å². The van der Waals surface area contributed by atoms with Crippen molar-refractivity contribution in [1.29, 1.82) is 0 Å². The van der Waals surface area contributed by atoms with Gasteiger partial charge in [0.25, 0.3) is 0 Å². The molecular weight excluding hydrogens is 248 g/mol.